The van der Waals surface area contributed by atoms with Crippen molar-refractivity contribution in [1.29, 1.82) is 0 Å². The molecule has 0 amide bonds. The summed E-state index contributed by atoms with van der Waals surface area (Å²) in [6, 6.07) is 0. The van der Waals surface area contributed by atoms with Gasteiger partial charge in [0.2, 0.25) is 0 Å². The second-order valence-corrected chi connectivity index (χ2v) is 1.32. The van der Waals surface area contributed by atoms with E-state index in [4.69, 9.17) is 0 Å². The smallest absolute Gasteiger partial charge is 1.00 e. The number of hydrogen-bond donors (Lipinski definition) is 0. The molecule has 0 saturated carbocycles. The molecule has 0 aromatic carbocycles. The number of carbonyl (C=O) groups excluding carboxylic acids is 2. The van der Waals surface area contributed by atoms with E-state index in [1.165, 1.54) is 6.92 Å². The van der Waals surface area contributed by atoms with Crippen LogP contribution in [0.4, 0.5) is 0 Å². The van der Waals surface area contributed by atoms with Gasteiger partial charge in [0.15, 0.2) is 0 Å². The minimum atomic E-state index is -0.545. The van der Waals surface area contributed by atoms with Gasteiger partial charge in [-0.2, -0.15) is 0 Å². The molecule has 0 aromatic heterocycles. The van der Waals surface area contributed by atoms with Gasteiger partial charge in [-0.1, -0.05) is 6.92 Å². The van der Waals surface area contributed by atoms with Crippen molar-refractivity contribution in [3.63, 3.8) is 0 Å². The zero-order valence-electron chi connectivity index (χ0n) is 10.3. The summed E-state index contributed by atoms with van der Waals surface area (Å²) in [5.41, 5.74) is 0. The van der Waals surface area contributed by atoms with E-state index in [0.29, 0.717) is 0 Å². The molecule has 54 valence electrons. The maximum absolute atomic E-state index is 10.2. The third-order valence-electron chi connectivity index (χ3n) is 0.546. The number of ether oxygens (including phenoxy) is 1. The molecule has 0 saturated heterocycles. The molecular formula is C5H12Ca2O3. The van der Waals surface area contributed by atoms with Crippen LogP contribution in [0, 0.1) is 0 Å². The summed E-state index contributed by atoms with van der Waals surface area (Å²) in [7, 11) is 0. The van der Waals surface area contributed by atoms with Crippen LogP contribution in [0.2, 0.25) is 0 Å². The molecule has 0 aromatic rings. The molecule has 0 bridgehead atoms. The van der Waals surface area contributed by atoms with E-state index in [2.05, 4.69) is 4.74 Å². The molecule has 0 rings (SSSR count). The summed E-state index contributed by atoms with van der Waals surface area (Å²) >= 11 is 0. The van der Waals surface area contributed by atoms with Crippen molar-refractivity contribution in [3.8, 4) is 0 Å². The molecule has 0 atom stereocenters. The van der Waals surface area contributed by atoms with Gasteiger partial charge in [-0.15, -0.1) is 0 Å². The number of carbonyl (C=O) groups is 2. The van der Waals surface area contributed by atoms with Crippen molar-refractivity contribution in [2.24, 2.45) is 0 Å². The quantitative estimate of drug-likeness (QED) is 0.344. The first-order valence-electron chi connectivity index (χ1n) is 2.38. The van der Waals surface area contributed by atoms with Gasteiger partial charge in [-0.3, -0.25) is 9.59 Å². The maximum Gasteiger partial charge on any atom is 2.00 e. The van der Waals surface area contributed by atoms with Crippen molar-refractivity contribution in [1.82, 2.24) is 0 Å². The molecule has 5 heteroatoms. The molecule has 10 heavy (non-hydrogen) atoms. The van der Waals surface area contributed by atoms with E-state index < -0.39 is 11.9 Å². The predicted octanol–water partition coefficient (Wildman–Crippen LogP) is 0.175. The van der Waals surface area contributed by atoms with Crippen molar-refractivity contribution < 1.29 is 20.0 Å². The molecule has 0 aliphatic heterocycles. The van der Waals surface area contributed by atoms with Crippen LogP contribution >= 0.6 is 0 Å². The molecule has 0 N–H and O–H groups in total. The maximum atomic E-state index is 10.2. The van der Waals surface area contributed by atoms with Gasteiger partial charge in [0.25, 0.3) is 0 Å². The topological polar surface area (TPSA) is 43.4 Å². The Balaban J connectivity index is -0.0000000163. The van der Waals surface area contributed by atoms with E-state index in [9.17, 15) is 9.59 Å². The fourth-order valence-corrected chi connectivity index (χ4v) is 0.232. The average molecular weight is 200 g/mol. The van der Waals surface area contributed by atoms with Gasteiger partial charge in [-0.25, -0.2) is 0 Å². The first-order valence-corrected chi connectivity index (χ1v) is 2.38. The third kappa shape index (κ3) is 12.3. The zero-order chi connectivity index (χ0) is 6.57. The number of hydrogen-bond acceptors (Lipinski definition) is 3. The Hall–Kier alpha value is 1.66. The van der Waals surface area contributed by atoms with Crippen LogP contribution in [0.15, 0.2) is 0 Å². The van der Waals surface area contributed by atoms with Gasteiger partial charge < -0.3 is 10.4 Å². The Morgan fingerprint density at radius 3 is 1.90 bits per heavy atom. The monoisotopic (exact) mass is 200 g/mol. The van der Waals surface area contributed by atoms with Crippen LogP contribution in [-0.2, 0) is 14.3 Å². The molecule has 0 heterocycles. The third-order valence-corrected chi connectivity index (χ3v) is 0.546. The largest absolute Gasteiger partial charge is 2.00 e. The predicted molar refractivity (Wildman–Crippen MR) is 43.0 cm³/mol. The van der Waals surface area contributed by atoms with Crippen LogP contribution < -0.4 is 0 Å². The van der Waals surface area contributed by atoms with Gasteiger partial charge >= 0.3 is 87.4 Å². The van der Waals surface area contributed by atoms with Crippen molar-refractivity contribution in [2.45, 2.75) is 20.3 Å². The molecule has 0 aliphatic rings. The summed E-state index contributed by atoms with van der Waals surface area (Å²) in [5, 5.41) is 0. The summed E-state index contributed by atoms with van der Waals surface area (Å²) in [6.45, 7) is 2.83. The van der Waals surface area contributed by atoms with Crippen LogP contribution in [0.3, 0.4) is 0 Å². The van der Waals surface area contributed by atoms with Crippen molar-refractivity contribution in [3.05, 3.63) is 0 Å². The number of esters is 2. The minimum Gasteiger partial charge on any atom is -1.00 e. The summed E-state index contributed by atoms with van der Waals surface area (Å²) in [4.78, 5) is 20.1. The minimum absolute atomic E-state index is 0. The normalized spacial score (nSPS) is 6.60. The van der Waals surface area contributed by atoms with Crippen molar-refractivity contribution in [2.75, 3.05) is 0 Å². The Morgan fingerprint density at radius 1 is 1.40 bits per heavy atom. The molecule has 0 aliphatic carbocycles. The van der Waals surface area contributed by atoms with Crippen LogP contribution in [0.25, 0.3) is 0 Å². The number of rotatable bonds is 1. The first kappa shape index (κ1) is 17.7. The first-order chi connectivity index (χ1) is 3.66. The average Bonchev–Trinajstić information content (AvgIpc) is 1.65. The molecule has 0 spiro atoms. The van der Waals surface area contributed by atoms with Gasteiger partial charge in [0.05, 0.1) is 0 Å². The Kier molecular flexibility index (Phi) is 18.8. The molecule has 0 fully saturated rings. The second-order valence-electron chi connectivity index (χ2n) is 1.32. The summed E-state index contributed by atoms with van der Waals surface area (Å²) in [5.74, 6) is -1.02. The SMILES string of the molecule is CCC(=O)OC(C)=O.[Ca+2].[Ca+2].[H-].[H-].[H-].[H-]. The second kappa shape index (κ2) is 10.7. The zero-order valence-corrected chi connectivity index (χ0v) is 10.8. The van der Waals surface area contributed by atoms with E-state index in [0.717, 1.165) is 0 Å². The van der Waals surface area contributed by atoms with Gasteiger partial charge in [0, 0.05) is 13.3 Å². The Labute approximate surface area is 126 Å². The van der Waals surface area contributed by atoms with E-state index >= 15 is 0 Å². The molecule has 3 nitrogen and oxygen atoms in total. The standard InChI is InChI=1S/C5H8O3.2Ca.4H/c1-3-5(7)8-4(2)6;;;;;;/h3H2,1-2H3;;;;;;/q;2*+2;4*-1. The fraction of sp³-hybridized carbons (Fsp3) is 0.600. The summed E-state index contributed by atoms with van der Waals surface area (Å²) < 4.78 is 4.12. The summed E-state index contributed by atoms with van der Waals surface area (Å²) in [6.07, 6.45) is 0.250. The Bertz CT molecular complexity index is 126. The van der Waals surface area contributed by atoms with Gasteiger partial charge in [-0.05, 0) is 0 Å². The molecule has 0 unspecified atom stereocenters. The molecule has 0 radical (unpaired) electrons. The van der Waals surface area contributed by atoms with Gasteiger partial charge in [0.1, 0.15) is 0 Å². The van der Waals surface area contributed by atoms with Crippen molar-refractivity contribution >= 4 is 87.4 Å². The molecular weight excluding hydrogens is 188 g/mol. The Morgan fingerprint density at radius 2 is 1.80 bits per heavy atom. The van der Waals surface area contributed by atoms with Crippen LogP contribution in [0.1, 0.15) is 26.0 Å². The van der Waals surface area contributed by atoms with Crippen LogP contribution in [-0.4, -0.2) is 87.4 Å². The fourth-order valence-electron chi connectivity index (χ4n) is 0.232. The van der Waals surface area contributed by atoms with E-state index in [1.54, 1.807) is 6.92 Å². The van der Waals surface area contributed by atoms with Crippen LogP contribution in [0.5, 0.6) is 0 Å². The van der Waals surface area contributed by atoms with E-state index in [-0.39, 0.29) is 87.6 Å². The van der Waals surface area contributed by atoms with E-state index in [1.807, 2.05) is 0 Å².